The van der Waals surface area contributed by atoms with E-state index in [9.17, 15) is 8.78 Å². The zero-order valence-electron chi connectivity index (χ0n) is 16.4. The summed E-state index contributed by atoms with van der Waals surface area (Å²) < 4.78 is 33.4. The number of likely N-dealkylation sites (tertiary alicyclic amines) is 1. The Balaban J connectivity index is 1.38. The van der Waals surface area contributed by atoms with Gasteiger partial charge in [-0.1, -0.05) is 54.1 Å². The summed E-state index contributed by atoms with van der Waals surface area (Å²) in [5.74, 6) is -0.231. The number of halogens is 3. The van der Waals surface area contributed by atoms with Crippen molar-refractivity contribution in [3.05, 3.63) is 71.0 Å². The molecule has 0 saturated carbocycles. The van der Waals surface area contributed by atoms with Crippen LogP contribution in [0.3, 0.4) is 0 Å². The van der Waals surface area contributed by atoms with E-state index in [2.05, 4.69) is 39.2 Å². The highest BCUT2D eigenvalue weighted by Crippen LogP contribution is 2.27. The number of hydrogen-bond acceptors (Lipinski definition) is 4. The Labute approximate surface area is 179 Å². The first-order chi connectivity index (χ1) is 14.6. The van der Waals surface area contributed by atoms with Gasteiger partial charge in [0.25, 0.3) is 6.43 Å². The van der Waals surface area contributed by atoms with E-state index >= 15 is 0 Å². The molecule has 0 bridgehead atoms. The number of benzene rings is 2. The van der Waals surface area contributed by atoms with Crippen molar-refractivity contribution in [1.82, 2.24) is 19.7 Å². The van der Waals surface area contributed by atoms with Crippen LogP contribution in [0.1, 0.15) is 30.7 Å². The van der Waals surface area contributed by atoms with Crippen LogP contribution in [0.5, 0.6) is 6.01 Å². The zero-order chi connectivity index (χ0) is 20.9. The van der Waals surface area contributed by atoms with Crippen molar-refractivity contribution in [3.63, 3.8) is 0 Å². The topological polar surface area (TPSA) is 43.2 Å². The average Bonchev–Trinajstić information content (AvgIpc) is 3.19. The SMILES string of the molecule is FC(F)c1nc(OCC2CCN(Cc3ccccc3)CC2)n(-c2ccccc2Cl)n1. The van der Waals surface area contributed by atoms with E-state index in [4.69, 9.17) is 16.3 Å². The number of aromatic nitrogens is 3. The van der Waals surface area contributed by atoms with Gasteiger partial charge in [-0.05, 0) is 49.5 Å². The van der Waals surface area contributed by atoms with E-state index in [1.165, 1.54) is 10.2 Å². The van der Waals surface area contributed by atoms with Gasteiger partial charge in [0.1, 0.15) is 0 Å². The van der Waals surface area contributed by atoms with Crippen molar-refractivity contribution >= 4 is 11.6 Å². The highest BCUT2D eigenvalue weighted by molar-refractivity contribution is 6.32. The molecule has 2 aromatic carbocycles. The van der Waals surface area contributed by atoms with Gasteiger partial charge in [0.05, 0.1) is 17.3 Å². The molecule has 158 valence electrons. The first-order valence-corrected chi connectivity index (χ1v) is 10.4. The zero-order valence-corrected chi connectivity index (χ0v) is 17.2. The van der Waals surface area contributed by atoms with Crippen LogP contribution >= 0.6 is 11.6 Å². The molecule has 1 saturated heterocycles. The Hall–Kier alpha value is -2.51. The molecule has 1 aromatic heterocycles. The van der Waals surface area contributed by atoms with E-state index in [1.54, 1.807) is 24.3 Å². The summed E-state index contributed by atoms with van der Waals surface area (Å²) in [6.07, 6.45) is -0.818. The second-order valence-electron chi connectivity index (χ2n) is 7.43. The fourth-order valence-electron chi connectivity index (χ4n) is 3.62. The Morgan fingerprint density at radius 2 is 1.73 bits per heavy atom. The third kappa shape index (κ3) is 4.96. The maximum absolute atomic E-state index is 13.2. The summed E-state index contributed by atoms with van der Waals surface area (Å²) in [4.78, 5) is 6.32. The molecular weight excluding hydrogens is 410 g/mol. The minimum absolute atomic E-state index is 0.0464. The monoisotopic (exact) mass is 432 g/mol. The number of nitrogens with zero attached hydrogens (tertiary/aromatic N) is 4. The first kappa shape index (κ1) is 20.8. The van der Waals surface area contributed by atoms with E-state index in [-0.39, 0.29) is 6.01 Å². The molecule has 1 aliphatic rings. The fraction of sp³-hybridized carbons (Fsp3) is 0.364. The van der Waals surface area contributed by atoms with Gasteiger partial charge in [-0.25, -0.2) is 8.78 Å². The van der Waals surface area contributed by atoms with Crippen molar-refractivity contribution in [3.8, 4) is 11.7 Å². The Bertz CT molecular complexity index is 959. The summed E-state index contributed by atoms with van der Waals surface area (Å²) in [7, 11) is 0. The number of ether oxygens (including phenoxy) is 1. The molecule has 0 radical (unpaired) electrons. The predicted octanol–water partition coefficient (Wildman–Crippen LogP) is 5.15. The highest BCUT2D eigenvalue weighted by atomic mass is 35.5. The van der Waals surface area contributed by atoms with Gasteiger partial charge < -0.3 is 4.74 Å². The number of para-hydroxylation sites is 1. The Morgan fingerprint density at radius 3 is 2.43 bits per heavy atom. The molecule has 30 heavy (non-hydrogen) atoms. The summed E-state index contributed by atoms with van der Waals surface area (Å²) >= 11 is 6.21. The van der Waals surface area contributed by atoms with Crippen LogP contribution in [0.2, 0.25) is 5.02 Å². The molecule has 0 unspecified atom stereocenters. The lowest BCUT2D eigenvalue weighted by Gasteiger charge is -2.31. The first-order valence-electron chi connectivity index (χ1n) is 9.99. The average molecular weight is 433 g/mol. The van der Waals surface area contributed by atoms with Gasteiger partial charge in [-0.15, -0.1) is 5.10 Å². The van der Waals surface area contributed by atoms with Gasteiger partial charge >= 0.3 is 6.01 Å². The van der Waals surface area contributed by atoms with Crippen LogP contribution in [-0.4, -0.2) is 39.4 Å². The molecule has 3 aromatic rings. The van der Waals surface area contributed by atoms with Crippen LogP contribution in [-0.2, 0) is 6.54 Å². The largest absolute Gasteiger partial charge is 0.463 e. The molecule has 0 amide bonds. The second kappa shape index (κ2) is 9.53. The molecule has 2 heterocycles. The molecule has 0 spiro atoms. The number of rotatable bonds is 7. The maximum Gasteiger partial charge on any atom is 0.320 e. The van der Waals surface area contributed by atoms with Gasteiger partial charge in [0.2, 0.25) is 5.82 Å². The quantitative estimate of drug-likeness (QED) is 0.518. The molecule has 8 heteroatoms. The van der Waals surface area contributed by atoms with Crippen LogP contribution < -0.4 is 4.74 Å². The molecule has 1 aliphatic heterocycles. The van der Waals surface area contributed by atoms with Gasteiger partial charge in [-0.2, -0.15) is 9.67 Å². The van der Waals surface area contributed by atoms with Crippen LogP contribution in [0.4, 0.5) is 8.78 Å². The normalized spacial score (nSPS) is 15.6. The number of alkyl halides is 2. The Kier molecular flexibility index (Phi) is 6.59. The van der Waals surface area contributed by atoms with Crippen molar-refractivity contribution in [2.75, 3.05) is 19.7 Å². The molecule has 0 N–H and O–H groups in total. The van der Waals surface area contributed by atoms with E-state index < -0.39 is 12.2 Å². The highest BCUT2D eigenvalue weighted by Gasteiger charge is 2.24. The van der Waals surface area contributed by atoms with Crippen LogP contribution in [0.25, 0.3) is 5.69 Å². The van der Waals surface area contributed by atoms with Crippen molar-refractivity contribution in [2.24, 2.45) is 5.92 Å². The molecule has 0 aliphatic carbocycles. The Morgan fingerprint density at radius 1 is 1.03 bits per heavy atom. The molecule has 1 fully saturated rings. The number of hydrogen-bond donors (Lipinski definition) is 0. The molecular formula is C22H23ClF2N4O. The van der Waals surface area contributed by atoms with E-state index in [0.29, 0.717) is 23.2 Å². The van der Waals surface area contributed by atoms with Crippen molar-refractivity contribution < 1.29 is 13.5 Å². The van der Waals surface area contributed by atoms with Crippen molar-refractivity contribution in [2.45, 2.75) is 25.8 Å². The summed E-state index contributed by atoms with van der Waals surface area (Å²) in [6.45, 7) is 3.29. The van der Waals surface area contributed by atoms with E-state index in [0.717, 1.165) is 32.5 Å². The van der Waals surface area contributed by atoms with Gasteiger partial charge in [0.15, 0.2) is 0 Å². The van der Waals surface area contributed by atoms with Crippen LogP contribution in [0.15, 0.2) is 54.6 Å². The third-order valence-corrected chi connectivity index (χ3v) is 5.59. The van der Waals surface area contributed by atoms with Gasteiger partial charge in [-0.3, -0.25) is 4.90 Å². The maximum atomic E-state index is 13.2. The minimum Gasteiger partial charge on any atom is -0.463 e. The summed E-state index contributed by atoms with van der Waals surface area (Å²) in [6, 6.07) is 17.3. The lowest BCUT2D eigenvalue weighted by atomic mass is 9.97. The third-order valence-electron chi connectivity index (χ3n) is 5.27. The van der Waals surface area contributed by atoms with Crippen molar-refractivity contribution in [1.29, 1.82) is 0 Å². The lowest BCUT2D eigenvalue weighted by Crippen LogP contribution is -2.35. The molecule has 4 rings (SSSR count). The fourth-order valence-corrected chi connectivity index (χ4v) is 3.84. The standard InChI is InChI=1S/C22H23ClF2N4O/c23-18-8-4-5-9-19(18)29-22(26-21(27-29)20(24)25)30-15-17-10-12-28(13-11-17)14-16-6-2-1-3-7-16/h1-9,17,20H,10-15H2. The lowest BCUT2D eigenvalue weighted by molar-refractivity contribution is 0.129. The predicted molar refractivity (Wildman–Crippen MR) is 111 cm³/mol. The van der Waals surface area contributed by atoms with E-state index in [1.807, 2.05) is 6.07 Å². The molecule has 0 atom stereocenters. The smallest absolute Gasteiger partial charge is 0.320 e. The minimum atomic E-state index is -2.78. The second-order valence-corrected chi connectivity index (χ2v) is 7.84. The molecule has 5 nitrogen and oxygen atoms in total. The van der Waals surface area contributed by atoms with Crippen LogP contribution in [0, 0.1) is 5.92 Å². The van der Waals surface area contributed by atoms with Gasteiger partial charge in [0, 0.05) is 6.54 Å². The summed E-state index contributed by atoms with van der Waals surface area (Å²) in [5, 5.41) is 4.29. The summed E-state index contributed by atoms with van der Waals surface area (Å²) in [5.41, 5.74) is 1.77. The number of piperidine rings is 1.